The maximum Gasteiger partial charge on any atom is 0.309 e. The maximum absolute atomic E-state index is 13.5. The number of halogens is 4. The van der Waals surface area contributed by atoms with Crippen LogP contribution in [0.1, 0.15) is 76.0 Å². The molecule has 0 heterocycles. The van der Waals surface area contributed by atoms with Crippen LogP contribution in [0.3, 0.4) is 0 Å². The van der Waals surface area contributed by atoms with Crippen molar-refractivity contribution >= 4 is 37.6 Å². The molecular weight excluding hydrogens is 613 g/mol. The zero-order chi connectivity index (χ0) is 29.6. The molecule has 0 spiro atoms. The Labute approximate surface area is 240 Å². The van der Waals surface area contributed by atoms with E-state index in [1.807, 2.05) is 0 Å². The van der Waals surface area contributed by atoms with Gasteiger partial charge >= 0.3 is 5.97 Å². The lowest BCUT2D eigenvalue weighted by molar-refractivity contribution is -0.156. The monoisotopic (exact) mass is 644 g/mol. The molecule has 40 heavy (non-hydrogen) atoms. The van der Waals surface area contributed by atoms with Gasteiger partial charge in [-0.3, -0.25) is 4.79 Å². The Bertz CT molecular complexity index is 1460. The van der Waals surface area contributed by atoms with Crippen molar-refractivity contribution in [3.63, 3.8) is 0 Å². The zero-order valence-corrected chi connectivity index (χ0v) is 25.1. The Kier molecular flexibility index (Phi) is 8.46. The summed E-state index contributed by atoms with van der Waals surface area (Å²) in [6.45, 7) is 7.55. The first-order valence-corrected chi connectivity index (χ1v) is 15.3. The van der Waals surface area contributed by atoms with E-state index in [9.17, 15) is 31.5 Å². The second kappa shape index (κ2) is 11.1. The molecule has 218 valence electrons. The molecule has 2 N–H and O–H groups in total. The minimum Gasteiger partial charge on any atom is -0.481 e. The minimum atomic E-state index is -4.34. The number of nitrogens with zero attached hydrogens (tertiary/aromatic N) is 1. The molecular formula is C28H32BrF3N2O5S. The van der Waals surface area contributed by atoms with Gasteiger partial charge in [0.2, 0.25) is 10.0 Å². The van der Waals surface area contributed by atoms with Gasteiger partial charge < -0.3 is 9.94 Å². The summed E-state index contributed by atoms with van der Waals surface area (Å²) in [4.78, 5) is 17.2. The molecule has 0 unspecified atom stereocenters. The number of sulfonamides is 1. The van der Waals surface area contributed by atoms with Gasteiger partial charge in [-0.15, -0.1) is 0 Å². The molecule has 3 atom stereocenters. The van der Waals surface area contributed by atoms with Crippen molar-refractivity contribution in [3.8, 4) is 0 Å². The molecule has 0 amide bonds. The Balaban J connectivity index is 1.60. The van der Waals surface area contributed by atoms with Crippen molar-refractivity contribution in [1.29, 1.82) is 0 Å². The Morgan fingerprint density at radius 1 is 1.18 bits per heavy atom. The molecule has 0 saturated heterocycles. The number of hydrogen-bond acceptors (Lipinski definition) is 5. The predicted molar refractivity (Wildman–Crippen MR) is 147 cm³/mol. The van der Waals surface area contributed by atoms with Gasteiger partial charge in [0.05, 0.1) is 16.0 Å². The lowest BCUT2D eigenvalue weighted by atomic mass is 9.49. The highest BCUT2D eigenvalue weighted by Crippen LogP contribution is 2.58. The summed E-state index contributed by atoms with van der Waals surface area (Å²) in [5.74, 6) is -5.89. The van der Waals surface area contributed by atoms with E-state index in [4.69, 9.17) is 4.84 Å². The lowest BCUT2D eigenvalue weighted by Gasteiger charge is -2.53. The van der Waals surface area contributed by atoms with E-state index in [1.54, 1.807) is 6.92 Å². The van der Waals surface area contributed by atoms with Crippen molar-refractivity contribution in [2.24, 2.45) is 16.5 Å². The van der Waals surface area contributed by atoms with Crippen LogP contribution in [-0.4, -0.2) is 38.4 Å². The molecule has 0 aromatic heterocycles. The molecule has 1 saturated carbocycles. The van der Waals surface area contributed by atoms with Crippen molar-refractivity contribution in [2.45, 2.75) is 69.6 Å². The summed E-state index contributed by atoms with van der Waals surface area (Å²) in [6, 6.07) is 4.91. The Hall–Kier alpha value is -2.44. The highest BCUT2D eigenvalue weighted by Gasteiger charge is 2.56. The molecule has 2 aliphatic rings. The lowest BCUT2D eigenvalue weighted by Crippen LogP contribution is -2.53. The Morgan fingerprint density at radius 2 is 1.82 bits per heavy atom. The summed E-state index contributed by atoms with van der Waals surface area (Å²) in [5, 5.41) is 14.5. The minimum absolute atomic E-state index is 0.207. The third-order valence-electron chi connectivity index (χ3n) is 8.43. The number of aliphatic carboxylic acids is 1. The summed E-state index contributed by atoms with van der Waals surface area (Å²) in [7, 11) is -4.34. The van der Waals surface area contributed by atoms with Crippen LogP contribution >= 0.6 is 15.9 Å². The number of rotatable bonds is 8. The second-order valence-corrected chi connectivity index (χ2v) is 13.9. The van der Waals surface area contributed by atoms with Crippen LogP contribution in [0.5, 0.6) is 0 Å². The topological polar surface area (TPSA) is 105 Å². The number of carboxylic acid groups (broad SMARTS) is 1. The SMILES string of the molecule is CC(C)c1cc2c(cc1Br)[C@@]1(C)CCC[C@@](C)(C(=O)O)[C@@H]1C/C2=N\OCCNS(=O)(=O)c1cc(F)c(F)c(F)c1. The quantitative estimate of drug-likeness (QED) is 0.201. The molecule has 0 radical (unpaired) electrons. The highest BCUT2D eigenvalue weighted by molar-refractivity contribution is 9.10. The van der Waals surface area contributed by atoms with Crippen molar-refractivity contribution in [2.75, 3.05) is 13.2 Å². The summed E-state index contributed by atoms with van der Waals surface area (Å²) < 4.78 is 68.2. The smallest absolute Gasteiger partial charge is 0.309 e. The van der Waals surface area contributed by atoms with Crippen molar-refractivity contribution in [3.05, 3.63) is 62.9 Å². The number of carbonyl (C=O) groups is 1. The number of benzene rings is 2. The number of carboxylic acids is 1. The van der Waals surface area contributed by atoms with Gasteiger partial charge in [-0.2, -0.15) is 0 Å². The van der Waals surface area contributed by atoms with Gasteiger partial charge in [-0.05, 0) is 78.8 Å². The number of oxime groups is 1. The van der Waals surface area contributed by atoms with Crippen LogP contribution in [0, 0.1) is 28.8 Å². The average molecular weight is 646 g/mol. The van der Waals surface area contributed by atoms with E-state index in [0.717, 1.165) is 34.0 Å². The predicted octanol–water partition coefficient (Wildman–Crippen LogP) is 6.24. The summed E-state index contributed by atoms with van der Waals surface area (Å²) in [5.41, 5.74) is 2.15. The molecule has 1 fully saturated rings. The van der Waals surface area contributed by atoms with Gasteiger partial charge in [0.25, 0.3) is 0 Å². The van der Waals surface area contributed by atoms with Crippen LogP contribution in [-0.2, 0) is 25.1 Å². The van der Waals surface area contributed by atoms with E-state index in [0.29, 0.717) is 30.7 Å². The molecule has 2 aliphatic carbocycles. The molecule has 4 rings (SSSR count). The van der Waals surface area contributed by atoms with E-state index in [-0.39, 0.29) is 25.0 Å². The standard InChI is InChI=1S/C28H32BrF3N2O5S/c1-15(2)17-12-18-19(13-20(17)29)27(3)6-5-7-28(4,26(35)36)24(27)14-23(18)34-39-9-8-33-40(37,38)16-10-21(30)25(32)22(31)11-16/h10-13,15,24,33H,5-9,14H2,1-4H3,(H,35,36)/b34-23+/t24-,27-,28-/m1/s1. The second-order valence-electron chi connectivity index (χ2n) is 11.3. The first kappa shape index (κ1) is 30.5. The fourth-order valence-corrected chi connectivity index (χ4v) is 7.99. The first-order chi connectivity index (χ1) is 18.6. The fourth-order valence-electron chi connectivity index (χ4n) is 6.15. The third-order valence-corrected chi connectivity index (χ3v) is 10.6. The molecule has 0 bridgehead atoms. The number of fused-ring (bicyclic) bond motifs is 3. The van der Waals surface area contributed by atoms with Crippen molar-refractivity contribution in [1.82, 2.24) is 4.72 Å². The number of nitrogens with one attached hydrogen (secondary N) is 1. The van der Waals surface area contributed by atoms with E-state index < -0.39 is 49.2 Å². The van der Waals surface area contributed by atoms with Crippen LogP contribution in [0.15, 0.2) is 38.8 Å². The average Bonchev–Trinajstić information content (AvgIpc) is 2.87. The fraction of sp³-hybridized carbons (Fsp3) is 0.500. The largest absolute Gasteiger partial charge is 0.481 e. The van der Waals surface area contributed by atoms with E-state index in [1.165, 1.54) is 0 Å². The maximum atomic E-state index is 13.5. The van der Waals surface area contributed by atoms with Crippen molar-refractivity contribution < 1.29 is 36.3 Å². The van der Waals surface area contributed by atoms with Crippen LogP contribution in [0.4, 0.5) is 13.2 Å². The van der Waals surface area contributed by atoms with Crippen LogP contribution in [0.25, 0.3) is 0 Å². The van der Waals surface area contributed by atoms with Gasteiger partial charge in [0.1, 0.15) is 6.61 Å². The van der Waals surface area contributed by atoms with E-state index >= 15 is 0 Å². The highest BCUT2D eigenvalue weighted by atomic mass is 79.9. The summed E-state index contributed by atoms with van der Waals surface area (Å²) in [6.07, 6.45) is 2.53. The molecule has 7 nitrogen and oxygen atoms in total. The summed E-state index contributed by atoms with van der Waals surface area (Å²) >= 11 is 3.70. The number of hydrogen-bond donors (Lipinski definition) is 2. The first-order valence-electron chi connectivity index (χ1n) is 13.0. The van der Waals surface area contributed by atoms with Crippen LogP contribution < -0.4 is 4.72 Å². The molecule has 2 aromatic carbocycles. The van der Waals surface area contributed by atoms with E-state index in [2.05, 4.69) is 58.7 Å². The Morgan fingerprint density at radius 3 is 2.42 bits per heavy atom. The van der Waals surface area contributed by atoms with Gasteiger partial charge in [-0.1, -0.05) is 48.3 Å². The van der Waals surface area contributed by atoms with Gasteiger partial charge in [0, 0.05) is 16.6 Å². The molecule has 12 heteroatoms. The van der Waals surface area contributed by atoms with Gasteiger partial charge in [0.15, 0.2) is 17.5 Å². The molecule has 0 aliphatic heterocycles. The van der Waals surface area contributed by atoms with Crippen LogP contribution in [0.2, 0.25) is 0 Å². The molecule has 2 aromatic rings. The third kappa shape index (κ3) is 5.42. The normalized spacial score (nSPS) is 25.5. The zero-order valence-electron chi connectivity index (χ0n) is 22.7. The van der Waals surface area contributed by atoms with Gasteiger partial charge in [-0.25, -0.2) is 26.3 Å².